The van der Waals surface area contributed by atoms with Gasteiger partial charge in [0, 0.05) is 24.5 Å². The minimum absolute atomic E-state index is 0.180. The number of thioether (sulfide) groups is 1. The number of carbonyl (C=O) groups excluding carboxylic acids is 2. The van der Waals surface area contributed by atoms with Crippen LogP contribution in [0, 0.1) is 0 Å². The van der Waals surface area contributed by atoms with E-state index in [-0.39, 0.29) is 6.04 Å². The average molecular weight is 306 g/mol. The lowest BCUT2D eigenvalue weighted by atomic mass is 10.1. The average Bonchev–Trinajstić information content (AvgIpc) is 3.02. The molecular weight excluding hydrogens is 284 g/mol. The van der Waals surface area contributed by atoms with Crippen molar-refractivity contribution >= 4 is 29.3 Å². The Kier molecular flexibility index (Phi) is 5.67. The molecule has 21 heavy (non-hydrogen) atoms. The van der Waals surface area contributed by atoms with E-state index >= 15 is 0 Å². The third-order valence-electron chi connectivity index (χ3n) is 3.75. The van der Waals surface area contributed by atoms with E-state index in [1.807, 2.05) is 36.0 Å². The van der Waals surface area contributed by atoms with Crippen LogP contribution in [-0.4, -0.2) is 41.3 Å². The second-order valence-electron chi connectivity index (χ2n) is 5.29. The number of nitrogens with one attached hydrogen (secondary N) is 1. The molecule has 1 aromatic carbocycles. The molecule has 1 saturated heterocycles. The minimum atomic E-state index is -0.544. The zero-order chi connectivity index (χ0) is 15.2. The number of nitrogens with zero attached hydrogens (tertiary/aromatic N) is 1. The summed E-state index contributed by atoms with van der Waals surface area (Å²) >= 11 is 1.83. The number of rotatable bonds is 4. The third-order valence-corrected chi connectivity index (χ3v) is 4.90. The first-order valence-corrected chi connectivity index (χ1v) is 8.52. The fourth-order valence-corrected chi connectivity index (χ4v) is 3.73. The lowest BCUT2D eigenvalue weighted by molar-refractivity contribution is -0.143. The summed E-state index contributed by atoms with van der Waals surface area (Å²) in [5, 5.41) is 2.76. The van der Waals surface area contributed by atoms with Crippen LogP contribution in [0.3, 0.4) is 0 Å². The molecule has 2 rings (SSSR count). The quantitative estimate of drug-likeness (QED) is 0.870. The van der Waals surface area contributed by atoms with Gasteiger partial charge in [-0.15, -0.1) is 0 Å². The van der Waals surface area contributed by atoms with Crippen molar-refractivity contribution in [2.75, 3.05) is 23.9 Å². The van der Waals surface area contributed by atoms with Crippen molar-refractivity contribution in [3.8, 4) is 0 Å². The number of anilines is 1. The van der Waals surface area contributed by atoms with E-state index in [0.717, 1.165) is 42.0 Å². The molecular formula is C16H22N2O2S. The first-order chi connectivity index (χ1) is 10.1. The number of hydrogen-bond donors (Lipinski definition) is 1. The highest BCUT2D eigenvalue weighted by molar-refractivity contribution is 7.99. The fourth-order valence-electron chi connectivity index (χ4n) is 2.46. The molecule has 1 fully saturated rings. The van der Waals surface area contributed by atoms with Crippen LogP contribution in [0.4, 0.5) is 5.69 Å². The number of aryl methyl sites for hydroxylation is 1. The standard InChI is InChI=1S/C16H22N2O2S/c1-3-6-12-7-4-5-8-14(12)17-15(19)16(20)18(2)13-9-10-21-11-13/h4-5,7-8,13H,3,6,9-11H2,1-2H3,(H,17,19). The molecule has 4 nitrogen and oxygen atoms in total. The first kappa shape index (κ1) is 15.9. The van der Waals surface area contributed by atoms with Crippen LogP contribution < -0.4 is 5.32 Å². The van der Waals surface area contributed by atoms with Gasteiger partial charge in [0.2, 0.25) is 0 Å². The SMILES string of the molecule is CCCc1ccccc1NC(=O)C(=O)N(C)C1CCSC1. The Morgan fingerprint density at radius 2 is 2.14 bits per heavy atom. The van der Waals surface area contributed by atoms with E-state index in [1.165, 1.54) is 0 Å². The van der Waals surface area contributed by atoms with Gasteiger partial charge in [-0.3, -0.25) is 9.59 Å². The maximum atomic E-state index is 12.2. The molecule has 1 aliphatic heterocycles. The monoisotopic (exact) mass is 306 g/mol. The van der Waals surface area contributed by atoms with Crippen LogP contribution in [0.2, 0.25) is 0 Å². The predicted octanol–water partition coefficient (Wildman–Crippen LogP) is 2.54. The maximum Gasteiger partial charge on any atom is 0.313 e. The third kappa shape index (κ3) is 4.00. The van der Waals surface area contributed by atoms with Crippen molar-refractivity contribution in [1.29, 1.82) is 0 Å². The molecule has 1 atom stereocenters. The predicted molar refractivity (Wildman–Crippen MR) is 87.6 cm³/mol. The van der Waals surface area contributed by atoms with Gasteiger partial charge in [0.15, 0.2) is 0 Å². The molecule has 5 heteroatoms. The Morgan fingerprint density at radius 3 is 2.81 bits per heavy atom. The summed E-state index contributed by atoms with van der Waals surface area (Å²) in [6.45, 7) is 2.09. The Hall–Kier alpha value is -1.49. The van der Waals surface area contributed by atoms with Crippen molar-refractivity contribution < 1.29 is 9.59 Å². The van der Waals surface area contributed by atoms with E-state index < -0.39 is 11.8 Å². The van der Waals surface area contributed by atoms with Crippen LogP contribution in [-0.2, 0) is 16.0 Å². The van der Waals surface area contributed by atoms with Gasteiger partial charge in [0.05, 0.1) is 0 Å². The highest BCUT2D eigenvalue weighted by Crippen LogP contribution is 2.22. The van der Waals surface area contributed by atoms with E-state index in [2.05, 4.69) is 12.2 Å². The van der Waals surface area contributed by atoms with Crippen LogP contribution in [0.1, 0.15) is 25.3 Å². The minimum Gasteiger partial charge on any atom is -0.334 e. The van der Waals surface area contributed by atoms with Crippen LogP contribution in [0.5, 0.6) is 0 Å². The highest BCUT2D eigenvalue weighted by atomic mass is 32.2. The summed E-state index contributed by atoms with van der Waals surface area (Å²) in [6.07, 6.45) is 2.85. The van der Waals surface area contributed by atoms with Crippen molar-refractivity contribution in [2.45, 2.75) is 32.2 Å². The zero-order valence-electron chi connectivity index (χ0n) is 12.6. The number of likely N-dealkylation sites (N-methyl/N-ethyl adjacent to an activating group) is 1. The van der Waals surface area contributed by atoms with Gasteiger partial charge in [-0.2, -0.15) is 11.8 Å². The van der Waals surface area contributed by atoms with Crippen molar-refractivity contribution in [3.63, 3.8) is 0 Å². The molecule has 0 aliphatic carbocycles. The largest absolute Gasteiger partial charge is 0.334 e. The molecule has 0 saturated carbocycles. The molecule has 0 spiro atoms. The normalized spacial score (nSPS) is 17.5. The summed E-state index contributed by atoms with van der Waals surface area (Å²) < 4.78 is 0. The fraction of sp³-hybridized carbons (Fsp3) is 0.500. The first-order valence-electron chi connectivity index (χ1n) is 7.37. The molecule has 1 unspecified atom stereocenters. The van der Waals surface area contributed by atoms with Crippen molar-refractivity contribution in [1.82, 2.24) is 4.90 Å². The Morgan fingerprint density at radius 1 is 1.38 bits per heavy atom. The second kappa shape index (κ2) is 7.50. The van der Waals surface area contributed by atoms with Crippen LogP contribution >= 0.6 is 11.8 Å². The summed E-state index contributed by atoms with van der Waals surface area (Å²) in [5.74, 6) is 0.984. The van der Waals surface area contributed by atoms with Gasteiger partial charge in [-0.1, -0.05) is 31.5 Å². The number of amides is 2. The van der Waals surface area contributed by atoms with E-state index in [4.69, 9.17) is 0 Å². The van der Waals surface area contributed by atoms with Crippen molar-refractivity contribution in [2.24, 2.45) is 0 Å². The summed E-state index contributed by atoms with van der Waals surface area (Å²) in [7, 11) is 1.72. The maximum absolute atomic E-state index is 12.2. The van der Waals surface area contributed by atoms with Crippen LogP contribution in [0.25, 0.3) is 0 Å². The number of para-hydroxylation sites is 1. The summed E-state index contributed by atoms with van der Waals surface area (Å²) in [4.78, 5) is 25.9. The van der Waals surface area contributed by atoms with E-state index in [1.54, 1.807) is 11.9 Å². The number of carbonyl (C=O) groups is 2. The summed E-state index contributed by atoms with van der Waals surface area (Å²) in [6, 6.07) is 7.84. The van der Waals surface area contributed by atoms with Gasteiger partial charge in [-0.05, 0) is 30.2 Å². The molecule has 1 N–H and O–H groups in total. The zero-order valence-corrected chi connectivity index (χ0v) is 13.4. The molecule has 1 aromatic rings. The molecule has 2 amide bonds. The van der Waals surface area contributed by atoms with Gasteiger partial charge >= 0.3 is 11.8 Å². The Labute approximate surface area is 130 Å². The molecule has 114 valence electrons. The van der Waals surface area contributed by atoms with Gasteiger partial charge in [-0.25, -0.2) is 0 Å². The Bertz CT molecular complexity index is 513. The van der Waals surface area contributed by atoms with E-state index in [0.29, 0.717) is 0 Å². The van der Waals surface area contributed by atoms with Crippen LogP contribution in [0.15, 0.2) is 24.3 Å². The van der Waals surface area contributed by atoms with Gasteiger partial charge in [0.1, 0.15) is 0 Å². The molecule has 1 heterocycles. The smallest absolute Gasteiger partial charge is 0.313 e. The van der Waals surface area contributed by atoms with Crippen molar-refractivity contribution in [3.05, 3.63) is 29.8 Å². The summed E-state index contributed by atoms with van der Waals surface area (Å²) in [5.41, 5.74) is 1.81. The highest BCUT2D eigenvalue weighted by Gasteiger charge is 2.28. The van der Waals surface area contributed by atoms with Gasteiger partial charge < -0.3 is 10.2 Å². The molecule has 0 aromatic heterocycles. The molecule has 0 bridgehead atoms. The topological polar surface area (TPSA) is 49.4 Å². The molecule has 1 aliphatic rings. The lowest BCUT2D eigenvalue weighted by Gasteiger charge is -2.23. The lowest BCUT2D eigenvalue weighted by Crippen LogP contribution is -2.43. The number of hydrogen-bond acceptors (Lipinski definition) is 3. The number of benzene rings is 1. The Balaban J connectivity index is 2.02. The van der Waals surface area contributed by atoms with E-state index in [9.17, 15) is 9.59 Å². The van der Waals surface area contributed by atoms with Gasteiger partial charge in [0.25, 0.3) is 0 Å². The molecule has 0 radical (unpaired) electrons. The second-order valence-corrected chi connectivity index (χ2v) is 6.44.